The van der Waals surface area contributed by atoms with E-state index < -0.39 is 0 Å². The topological polar surface area (TPSA) is 51.3 Å². The van der Waals surface area contributed by atoms with Gasteiger partial charge in [0.25, 0.3) is 5.91 Å². The fourth-order valence-corrected chi connectivity index (χ4v) is 3.46. The number of likely N-dealkylation sites (tertiary alicyclic amines) is 1. The van der Waals surface area contributed by atoms with Gasteiger partial charge in [0.2, 0.25) is 0 Å². The standard InChI is InChI=1S/C14H21N3O/c1-9-3-6-13(16(9)2)14(18)17-7-10-4-5-12(15)11(10)8-17/h3,6,10-12H,4-5,7-8,15H2,1-2H3. The van der Waals surface area contributed by atoms with Crippen molar-refractivity contribution in [3.05, 3.63) is 23.5 Å². The van der Waals surface area contributed by atoms with Crippen molar-refractivity contribution < 1.29 is 4.79 Å². The number of fused-ring (bicyclic) bond motifs is 1. The molecule has 2 aliphatic rings. The number of nitrogens with two attached hydrogens (primary N) is 1. The lowest BCUT2D eigenvalue weighted by atomic mass is 9.98. The summed E-state index contributed by atoms with van der Waals surface area (Å²) in [6.45, 7) is 3.75. The number of aromatic nitrogens is 1. The molecule has 1 aromatic heterocycles. The van der Waals surface area contributed by atoms with Gasteiger partial charge >= 0.3 is 0 Å². The maximum atomic E-state index is 12.5. The lowest BCUT2D eigenvalue weighted by molar-refractivity contribution is 0.0770. The molecule has 0 aromatic carbocycles. The normalized spacial score (nSPS) is 30.8. The molecule has 4 nitrogen and oxygen atoms in total. The summed E-state index contributed by atoms with van der Waals surface area (Å²) >= 11 is 0. The smallest absolute Gasteiger partial charge is 0.270 e. The van der Waals surface area contributed by atoms with E-state index in [2.05, 4.69) is 0 Å². The minimum Gasteiger partial charge on any atom is -0.344 e. The van der Waals surface area contributed by atoms with E-state index >= 15 is 0 Å². The molecule has 1 aliphatic carbocycles. The highest BCUT2D eigenvalue weighted by atomic mass is 16.2. The average Bonchev–Trinajstić information content (AvgIpc) is 2.99. The van der Waals surface area contributed by atoms with Crippen molar-refractivity contribution in [2.24, 2.45) is 24.6 Å². The minimum atomic E-state index is 0.159. The highest BCUT2D eigenvalue weighted by Crippen LogP contribution is 2.37. The molecule has 3 unspecified atom stereocenters. The lowest BCUT2D eigenvalue weighted by Gasteiger charge is -2.19. The van der Waals surface area contributed by atoms with Crippen LogP contribution < -0.4 is 5.73 Å². The molecular weight excluding hydrogens is 226 g/mol. The lowest BCUT2D eigenvalue weighted by Crippen LogP contribution is -2.34. The van der Waals surface area contributed by atoms with Crippen LogP contribution in [0.1, 0.15) is 29.0 Å². The Morgan fingerprint density at radius 3 is 2.72 bits per heavy atom. The van der Waals surface area contributed by atoms with Crippen molar-refractivity contribution in [3.63, 3.8) is 0 Å². The second-order valence-electron chi connectivity index (χ2n) is 5.79. The summed E-state index contributed by atoms with van der Waals surface area (Å²) in [6, 6.07) is 4.21. The Hall–Kier alpha value is -1.29. The van der Waals surface area contributed by atoms with E-state index in [0.29, 0.717) is 17.9 Å². The van der Waals surface area contributed by atoms with Crippen LogP contribution >= 0.6 is 0 Å². The van der Waals surface area contributed by atoms with E-state index in [-0.39, 0.29) is 5.91 Å². The number of hydrogen-bond acceptors (Lipinski definition) is 2. The molecule has 1 saturated heterocycles. The zero-order valence-electron chi connectivity index (χ0n) is 11.1. The van der Waals surface area contributed by atoms with Crippen molar-refractivity contribution in [2.75, 3.05) is 13.1 Å². The number of carbonyl (C=O) groups excluding carboxylic acids is 1. The zero-order valence-corrected chi connectivity index (χ0v) is 11.1. The molecule has 2 N–H and O–H groups in total. The monoisotopic (exact) mass is 247 g/mol. The van der Waals surface area contributed by atoms with Crippen LogP contribution in [0.15, 0.2) is 12.1 Å². The molecule has 0 spiro atoms. The first kappa shape index (κ1) is 11.8. The van der Waals surface area contributed by atoms with Crippen LogP contribution in [0, 0.1) is 18.8 Å². The highest BCUT2D eigenvalue weighted by Gasteiger charge is 2.42. The summed E-state index contributed by atoms with van der Waals surface area (Å²) < 4.78 is 1.97. The third-order valence-electron chi connectivity index (χ3n) is 4.79. The largest absolute Gasteiger partial charge is 0.344 e. The van der Waals surface area contributed by atoms with Crippen LogP contribution in [-0.4, -0.2) is 34.5 Å². The Kier molecular flexibility index (Phi) is 2.70. The summed E-state index contributed by atoms with van der Waals surface area (Å²) in [6.07, 6.45) is 2.31. The average molecular weight is 247 g/mol. The molecule has 1 aliphatic heterocycles. The van der Waals surface area contributed by atoms with E-state index in [0.717, 1.165) is 30.9 Å². The van der Waals surface area contributed by atoms with Crippen LogP contribution in [0.3, 0.4) is 0 Å². The molecule has 1 aromatic rings. The van der Waals surface area contributed by atoms with E-state index in [1.807, 2.05) is 35.6 Å². The fourth-order valence-electron chi connectivity index (χ4n) is 3.46. The number of amides is 1. The van der Waals surface area contributed by atoms with Gasteiger partial charge in [-0.25, -0.2) is 0 Å². The molecule has 2 heterocycles. The predicted molar refractivity (Wildman–Crippen MR) is 70.2 cm³/mol. The Morgan fingerprint density at radius 1 is 1.33 bits per heavy atom. The molecule has 1 amide bonds. The van der Waals surface area contributed by atoms with Crippen LogP contribution in [-0.2, 0) is 7.05 Å². The van der Waals surface area contributed by atoms with Crippen molar-refractivity contribution in [2.45, 2.75) is 25.8 Å². The maximum Gasteiger partial charge on any atom is 0.270 e. The second kappa shape index (κ2) is 4.12. The summed E-state index contributed by atoms with van der Waals surface area (Å²) in [5.41, 5.74) is 8.02. The minimum absolute atomic E-state index is 0.159. The van der Waals surface area contributed by atoms with Crippen LogP contribution in [0.25, 0.3) is 0 Å². The van der Waals surface area contributed by atoms with Crippen molar-refractivity contribution in [1.82, 2.24) is 9.47 Å². The third-order valence-corrected chi connectivity index (χ3v) is 4.79. The van der Waals surface area contributed by atoms with Crippen LogP contribution in [0.4, 0.5) is 0 Å². The van der Waals surface area contributed by atoms with E-state index in [4.69, 9.17) is 5.73 Å². The Balaban J connectivity index is 1.77. The van der Waals surface area contributed by atoms with Gasteiger partial charge in [0.1, 0.15) is 5.69 Å². The Bertz CT molecular complexity index is 479. The van der Waals surface area contributed by atoms with Crippen LogP contribution in [0.2, 0.25) is 0 Å². The van der Waals surface area contributed by atoms with E-state index in [1.54, 1.807) is 0 Å². The second-order valence-corrected chi connectivity index (χ2v) is 5.79. The van der Waals surface area contributed by atoms with Gasteiger partial charge in [0.05, 0.1) is 0 Å². The fraction of sp³-hybridized carbons (Fsp3) is 0.643. The molecule has 3 atom stereocenters. The SMILES string of the molecule is Cc1ccc(C(=O)N2CC3CCC(N)C3C2)n1C. The summed E-state index contributed by atoms with van der Waals surface area (Å²) in [7, 11) is 1.95. The first-order chi connectivity index (χ1) is 8.58. The first-order valence-electron chi connectivity index (χ1n) is 6.75. The van der Waals surface area contributed by atoms with E-state index in [1.165, 1.54) is 6.42 Å². The maximum absolute atomic E-state index is 12.5. The predicted octanol–water partition coefficient (Wildman–Crippen LogP) is 1.14. The third kappa shape index (κ3) is 1.67. The molecule has 1 saturated carbocycles. The Morgan fingerprint density at radius 2 is 2.11 bits per heavy atom. The van der Waals surface area contributed by atoms with Crippen molar-refractivity contribution >= 4 is 5.91 Å². The molecule has 98 valence electrons. The zero-order chi connectivity index (χ0) is 12.9. The van der Waals surface area contributed by atoms with Gasteiger partial charge in [-0.05, 0) is 43.7 Å². The number of carbonyl (C=O) groups is 1. The molecule has 2 fully saturated rings. The Labute approximate surface area is 108 Å². The summed E-state index contributed by atoms with van der Waals surface area (Å²) in [4.78, 5) is 14.5. The van der Waals surface area contributed by atoms with E-state index in [9.17, 15) is 4.79 Å². The quantitative estimate of drug-likeness (QED) is 0.809. The first-order valence-corrected chi connectivity index (χ1v) is 6.75. The molecule has 3 rings (SSSR count). The molecule has 4 heteroatoms. The number of rotatable bonds is 1. The van der Waals surface area contributed by atoms with Gasteiger partial charge in [0, 0.05) is 31.9 Å². The van der Waals surface area contributed by atoms with Gasteiger partial charge in [-0.2, -0.15) is 0 Å². The van der Waals surface area contributed by atoms with Gasteiger partial charge in [-0.15, -0.1) is 0 Å². The van der Waals surface area contributed by atoms with Crippen LogP contribution in [0.5, 0.6) is 0 Å². The summed E-state index contributed by atoms with van der Waals surface area (Å²) in [5.74, 6) is 1.31. The number of hydrogen-bond donors (Lipinski definition) is 1. The molecule has 0 bridgehead atoms. The number of nitrogens with zero attached hydrogens (tertiary/aromatic N) is 2. The van der Waals surface area contributed by atoms with Crippen molar-refractivity contribution in [1.29, 1.82) is 0 Å². The van der Waals surface area contributed by atoms with Gasteiger partial charge in [-0.3, -0.25) is 4.79 Å². The molecule has 0 radical (unpaired) electrons. The van der Waals surface area contributed by atoms with Gasteiger partial charge in [0.15, 0.2) is 0 Å². The van der Waals surface area contributed by atoms with Gasteiger partial charge in [-0.1, -0.05) is 0 Å². The molecule has 18 heavy (non-hydrogen) atoms. The van der Waals surface area contributed by atoms with Crippen molar-refractivity contribution in [3.8, 4) is 0 Å². The highest BCUT2D eigenvalue weighted by molar-refractivity contribution is 5.93. The molecular formula is C14H21N3O. The summed E-state index contributed by atoms with van der Waals surface area (Å²) in [5, 5.41) is 0. The van der Waals surface area contributed by atoms with Gasteiger partial charge < -0.3 is 15.2 Å². The number of aryl methyl sites for hydroxylation is 1.